The van der Waals surface area contributed by atoms with Gasteiger partial charge in [0, 0.05) is 6.54 Å². The number of nitrogens with two attached hydrogens (primary N) is 1. The van der Waals surface area contributed by atoms with Gasteiger partial charge in [0.25, 0.3) is 0 Å². The van der Waals surface area contributed by atoms with Gasteiger partial charge in [-0.15, -0.1) is 0 Å². The molecule has 0 radical (unpaired) electrons. The number of rotatable bonds is 6. The largest absolute Gasteiger partial charge is 0.504 e. The van der Waals surface area contributed by atoms with Gasteiger partial charge in [-0.2, -0.15) is 0 Å². The van der Waals surface area contributed by atoms with Gasteiger partial charge in [0.15, 0.2) is 11.5 Å². The van der Waals surface area contributed by atoms with Gasteiger partial charge in [0.05, 0.1) is 5.57 Å². The number of esters is 1. The number of hydrogen-bond donors (Lipinski definition) is 3. The molecule has 24 heavy (non-hydrogen) atoms. The van der Waals surface area contributed by atoms with E-state index in [1.54, 1.807) is 12.1 Å². The zero-order valence-electron chi connectivity index (χ0n) is 13.1. The lowest BCUT2D eigenvalue weighted by Gasteiger charge is -2.05. The molecule has 0 aromatic heterocycles. The van der Waals surface area contributed by atoms with Crippen LogP contribution in [0.25, 0.3) is 12.2 Å². The maximum atomic E-state index is 12.0. The van der Waals surface area contributed by atoms with Gasteiger partial charge >= 0.3 is 5.97 Å². The fraction of sp³-hybridized carbons (Fsp3) is 0.105. The lowest BCUT2D eigenvalue weighted by Crippen LogP contribution is -2.15. The molecule has 0 spiro atoms. The zero-order chi connectivity index (χ0) is 17.4. The number of hydrogen-bond acceptors (Lipinski definition) is 5. The minimum atomic E-state index is -0.525. The maximum absolute atomic E-state index is 12.0. The molecule has 2 rings (SSSR count). The van der Waals surface area contributed by atoms with Crippen molar-refractivity contribution >= 4 is 18.1 Å². The van der Waals surface area contributed by atoms with E-state index < -0.39 is 5.97 Å². The summed E-state index contributed by atoms with van der Waals surface area (Å²) >= 11 is 0. The minimum Gasteiger partial charge on any atom is -0.504 e. The van der Waals surface area contributed by atoms with Crippen molar-refractivity contribution in [3.05, 3.63) is 71.3 Å². The van der Waals surface area contributed by atoms with Crippen molar-refractivity contribution in [1.29, 1.82) is 0 Å². The molecular formula is C19H19NO4. The van der Waals surface area contributed by atoms with Crippen LogP contribution in [-0.2, 0) is 9.53 Å². The van der Waals surface area contributed by atoms with Gasteiger partial charge < -0.3 is 20.7 Å². The first-order chi connectivity index (χ1) is 11.6. The van der Waals surface area contributed by atoms with E-state index in [9.17, 15) is 15.0 Å². The van der Waals surface area contributed by atoms with Crippen molar-refractivity contribution in [2.24, 2.45) is 5.73 Å². The lowest BCUT2D eigenvalue weighted by atomic mass is 10.1. The van der Waals surface area contributed by atoms with Crippen LogP contribution in [-0.4, -0.2) is 29.3 Å². The fourth-order valence-electron chi connectivity index (χ4n) is 2.00. The van der Waals surface area contributed by atoms with Crippen LogP contribution >= 0.6 is 0 Å². The van der Waals surface area contributed by atoms with E-state index >= 15 is 0 Å². The Hall–Kier alpha value is -3.05. The van der Waals surface area contributed by atoms with Gasteiger partial charge in [0.2, 0.25) is 0 Å². The number of carbonyl (C=O) groups is 1. The molecule has 0 saturated carbocycles. The minimum absolute atomic E-state index is 0.00285. The highest BCUT2D eigenvalue weighted by Gasteiger charge is 2.09. The van der Waals surface area contributed by atoms with Crippen molar-refractivity contribution in [3.8, 4) is 11.5 Å². The van der Waals surface area contributed by atoms with Crippen LogP contribution in [0.2, 0.25) is 0 Å². The smallest absolute Gasteiger partial charge is 0.335 e. The van der Waals surface area contributed by atoms with Gasteiger partial charge in [-0.3, -0.25) is 0 Å². The average molecular weight is 325 g/mol. The number of carbonyl (C=O) groups excluding carboxylic acids is 1. The molecule has 0 aliphatic rings. The van der Waals surface area contributed by atoms with Crippen molar-refractivity contribution in [2.45, 2.75) is 0 Å². The third-order valence-corrected chi connectivity index (χ3v) is 3.24. The van der Waals surface area contributed by atoms with E-state index in [4.69, 9.17) is 10.5 Å². The molecule has 0 unspecified atom stereocenters. The Balaban J connectivity index is 1.97. The molecule has 0 amide bonds. The molecule has 0 aliphatic heterocycles. The summed E-state index contributed by atoms with van der Waals surface area (Å²) in [7, 11) is 0. The topological polar surface area (TPSA) is 92.8 Å². The Morgan fingerprint density at radius 1 is 1.04 bits per heavy atom. The highest BCUT2D eigenvalue weighted by molar-refractivity contribution is 5.94. The zero-order valence-corrected chi connectivity index (χ0v) is 13.1. The summed E-state index contributed by atoms with van der Waals surface area (Å²) in [5.41, 5.74) is 7.42. The van der Waals surface area contributed by atoms with Gasteiger partial charge in [0.1, 0.15) is 6.61 Å². The summed E-state index contributed by atoms with van der Waals surface area (Å²) < 4.78 is 5.16. The molecule has 0 atom stereocenters. The summed E-state index contributed by atoms with van der Waals surface area (Å²) in [5.74, 6) is -1.02. The molecule has 0 saturated heterocycles. The fourth-order valence-corrected chi connectivity index (χ4v) is 2.00. The van der Waals surface area contributed by atoms with E-state index in [1.165, 1.54) is 18.2 Å². The molecule has 0 heterocycles. The molecule has 5 nitrogen and oxygen atoms in total. The van der Waals surface area contributed by atoms with Gasteiger partial charge in [-0.25, -0.2) is 4.79 Å². The number of aromatic hydroxyl groups is 2. The standard InChI is InChI=1S/C19H19NO4/c20-13-16(11-15-8-9-17(21)18(22)12-15)19(23)24-10-4-7-14-5-2-1-3-6-14/h1-9,11-12,21-22H,10,13,20H2/b7-4+,16-11+. The van der Waals surface area contributed by atoms with E-state index in [0.29, 0.717) is 5.56 Å². The van der Waals surface area contributed by atoms with Crippen molar-refractivity contribution in [1.82, 2.24) is 0 Å². The Kier molecular flexibility index (Phi) is 6.16. The van der Waals surface area contributed by atoms with Crippen molar-refractivity contribution < 1.29 is 19.7 Å². The molecule has 124 valence electrons. The van der Waals surface area contributed by atoms with Crippen LogP contribution in [0, 0.1) is 0 Å². The summed E-state index contributed by atoms with van der Waals surface area (Å²) in [6, 6.07) is 13.9. The molecular weight excluding hydrogens is 306 g/mol. The third-order valence-electron chi connectivity index (χ3n) is 3.24. The van der Waals surface area contributed by atoms with Crippen LogP contribution in [0.3, 0.4) is 0 Å². The first kappa shape index (κ1) is 17.3. The van der Waals surface area contributed by atoms with Crippen LogP contribution in [0.1, 0.15) is 11.1 Å². The summed E-state index contributed by atoms with van der Waals surface area (Å²) in [5, 5.41) is 18.8. The molecule has 0 fully saturated rings. The van der Waals surface area contributed by atoms with E-state index in [1.807, 2.05) is 36.4 Å². The van der Waals surface area contributed by atoms with Crippen molar-refractivity contribution in [2.75, 3.05) is 13.2 Å². The van der Waals surface area contributed by atoms with Crippen molar-refractivity contribution in [3.63, 3.8) is 0 Å². The molecule has 0 aliphatic carbocycles. The summed E-state index contributed by atoms with van der Waals surface area (Å²) in [6.07, 6.45) is 5.12. The number of ether oxygens (including phenoxy) is 1. The highest BCUT2D eigenvalue weighted by Crippen LogP contribution is 2.25. The first-order valence-corrected chi connectivity index (χ1v) is 7.41. The third kappa shape index (κ3) is 5.00. The normalized spacial score (nSPS) is 11.6. The second-order valence-corrected chi connectivity index (χ2v) is 5.03. The van der Waals surface area contributed by atoms with Crippen LogP contribution in [0.15, 0.2) is 60.2 Å². The Labute approximate surface area is 140 Å². The Morgan fingerprint density at radius 2 is 1.79 bits per heavy atom. The van der Waals surface area contributed by atoms with Crippen LogP contribution in [0.5, 0.6) is 11.5 Å². The summed E-state index contributed by atoms with van der Waals surface area (Å²) in [4.78, 5) is 12.0. The molecule has 5 heteroatoms. The Bertz CT molecular complexity index is 751. The number of phenols is 2. The second-order valence-electron chi connectivity index (χ2n) is 5.03. The average Bonchev–Trinajstić information content (AvgIpc) is 2.60. The van der Waals surface area contributed by atoms with Crippen LogP contribution < -0.4 is 5.73 Å². The molecule has 4 N–H and O–H groups in total. The lowest BCUT2D eigenvalue weighted by molar-refractivity contribution is -0.137. The van der Waals surface area contributed by atoms with E-state index in [0.717, 1.165) is 5.56 Å². The monoisotopic (exact) mass is 325 g/mol. The second kappa shape index (κ2) is 8.55. The summed E-state index contributed by atoms with van der Waals surface area (Å²) in [6.45, 7) is 0.134. The predicted molar refractivity (Wildman–Crippen MR) is 93.2 cm³/mol. The highest BCUT2D eigenvalue weighted by atomic mass is 16.5. The van der Waals surface area contributed by atoms with E-state index in [-0.39, 0.29) is 30.2 Å². The molecule has 2 aromatic carbocycles. The number of phenolic OH excluding ortho intramolecular Hbond substituents is 2. The van der Waals surface area contributed by atoms with Gasteiger partial charge in [-0.05, 0) is 35.4 Å². The van der Waals surface area contributed by atoms with E-state index in [2.05, 4.69) is 0 Å². The SMILES string of the molecule is NC/C(=C\c1ccc(O)c(O)c1)C(=O)OC/C=C/c1ccccc1. The predicted octanol–water partition coefficient (Wildman–Crippen LogP) is 2.70. The Morgan fingerprint density at radius 3 is 2.46 bits per heavy atom. The quantitative estimate of drug-likeness (QED) is 0.431. The molecule has 2 aromatic rings. The maximum Gasteiger partial charge on any atom is 0.335 e. The number of benzene rings is 2. The van der Waals surface area contributed by atoms with Gasteiger partial charge in [-0.1, -0.05) is 42.5 Å². The van der Waals surface area contributed by atoms with Crippen LogP contribution in [0.4, 0.5) is 0 Å². The first-order valence-electron chi connectivity index (χ1n) is 7.41. The molecule has 0 bridgehead atoms.